The van der Waals surface area contributed by atoms with Crippen molar-refractivity contribution in [3.8, 4) is 0 Å². The van der Waals surface area contributed by atoms with Gasteiger partial charge in [0.2, 0.25) is 0 Å². The Kier molecular flexibility index (Phi) is 4.46. The molecule has 0 radical (unpaired) electrons. The van der Waals surface area contributed by atoms with E-state index in [0.717, 1.165) is 43.7 Å². The Morgan fingerprint density at radius 3 is 2.85 bits per heavy atom. The van der Waals surface area contributed by atoms with Crippen LogP contribution in [0.15, 0.2) is 0 Å². The van der Waals surface area contributed by atoms with E-state index in [9.17, 15) is 4.79 Å². The van der Waals surface area contributed by atoms with Crippen LogP contribution in [0.5, 0.6) is 0 Å². The molecule has 0 aromatic carbocycles. The van der Waals surface area contributed by atoms with Crippen LogP contribution in [0.3, 0.4) is 0 Å². The number of nitrogens with zero attached hydrogens (tertiary/aromatic N) is 2. The summed E-state index contributed by atoms with van der Waals surface area (Å²) < 4.78 is 0. The van der Waals surface area contributed by atoms with E-state index in [1.165, 1.54) is 39.0 Å². The SMILES string of the molecule is CC(C)C1CCC(=O)C(CN2CCN3CCCC3C2)C1. The van der Waals surface area contributed by atoms with Crippen molar-refractivity contribution in [1.82, 2.24) is 9.80 Å². The largest absolute Gasteiger partial charge is 0.300 e. The molecule has 0 N–H and O–H groups in total. The molecule has 114 valence electrons. The molecule has 3 fully saturated rings. The molecule has 0 spiro atoms. The fourth-order valence-corrected chi connectivity index (χ4v) is 4.46. The minimum atomic E-state index is 0.323. The Morgan fingerprint density at radius 1 is 1.20 bits per heavy atom. The minimum absolute atomic E-state index is 0.323. The Bertz CT molecular complexity index is 355. The Balaban J connectivity index is 1.54. The van der Waals surface area contributed by atoms with Crippen molar-refractivity contribution in [3.63, 3.8) is 0 Å². The van der Waals surface area contributed by atoms with Crippen LogP contribution in [-0.2, 0) is 4.79 Å². The Labute approximate surface area is 123 Å². The maximum atomic E-state index is 12.2. The Hall–Kier alpha value is -0.410. The van der Waals surface area contributed by atoms with Crippen LogP contribution >= 0.6 is 0 Å². The number of carbonyl (C=O) groups excluding carboxylic acids is 1. The summed E-state index contributed by atoms with van der Waals surface area (Å²) in [5, 5.41) is 0. The normalized spacial score (nSPS) is 36.5. The molecule has 3 rings (SSSR count). The van der Waals surface area contributed by atoms with Gasteiger partial charge in [0.1, 0.15) is 5.78 Å². The van der Waals surface area contributed by atoms with E-state index < -0.39 is 0 Å². The summed E-state index contributed by atoms with van der Waals surface area (Å²) in [5.41, 5.74) is 0. The van der Waals surface area contributed by atoms with Gasteiger partial charge in [-0.25, -0.2) is 0 Å². The average molecular weight is 278 g/mol. The van der Waals surface area contributed by atoms with Gasteiger partial charge in [-0.05, 0) is 44.1 Å². The molecular formula is C17H30N2O. The van der Waals surface area contributed by atoms with E-state index in [-0.39, 0.29) is 0 Å². The monoisotopic (exact) mass is 278 g/mol. The second kappa shape index (κ2) is 6.15. The van der Waals surface area contributed by atoms with E-state index in [1.54, 1.807) is 0 Å². The summed E-state index contributed by atoms with van der Waals surface area (Å²) in [4.78, 5) is 17.5. The third-order valence-electron chi connectivity index (χ3n) is 5.90. The van der Waals surface area contributed by atoms with E-state index >= 15 is 0 Å². The van der Waals surface area contributed by atoms with E-state index in [1.807, 2.05) is 0 Å². The second-order valence-electron chi connectivity index (χ2n) is 7.53. The third kappa shape index (κ3) is 3.09. The molecule has 3 aliphatic rings. The number of hydrogen-bond acceptors (Lipinski definition) is 3. The van der Waals surface area contributed by atoms with Crippen molar-refractivity contribution in [1.29, 1.82) is 0 Å². The average Bonchev–Trinajstić information content (AvgIpc) is 2.88. The smallest absolute Gasteiger partial charge is 0.137 e. The first kappa shape index (κ1) is 14.5. The number of rotatable bonds is 3. The fourth-order valence-electron chi connectivity index (χ4n) is 4.46. The van der Waals surface area contributed by atoms with Crippen molar-refractivity contribution < 1.29 is 4.79 Å². The lowest BCUT2D eigenvalue weighted by molar-refractivity contribution is -0.127. The Morgan fingerprint density at radius 2 is 2.05 bits per heavy atom. The highest BCUT2D eigenvalue weighted by atomic mass is 16.1. The molecule has 2 saturated heterocycles. The van der Waals surface area contributed by atoms with Crippen LogP contribution in [0.1, 0.15) is 46.0 Å². The number of hydrogen-bond donors (Lipinski definition) is 0. The number of ketones is 1. The summed E-state index contributed by atoms with van der Waals surface area (Å²) >= 11 is 0. The van der Waals surface area contributed by atoms with E-state index in [4.69, 9.17) is 0 Å². The van der Waals surface area contributed by atoms with Gasteiger partial charge in [0, 0.05) is 44.6 Å². The first-order chi connectivity index (χ1) is 9.63. The van der Waals surface area contributed by atoms with Crippen molar-refractivity contribution in [2.24, 2.45) is 17.8 Å². The molecule has 2 aliphatic heterocycles. The zero-order chi connectivity index (χ0) is 14.1. The first-order valence-electron chi connectivity index (χ1n) is 8.62. The molecule has 20 heavy (non-hydrogen) atoms. The molecule has 1 aliphatic carbocycles. The standard InChI is InChI=1S/C17H30N2O/c1-13(2)14-5-6-17(20)15(10-14)11-18-8-9-19-7-3-4-16(19)12-18/h13-16H,3-12H2,1-2H3. The van der Waals surface area contributed by atoms with E-state index in [0.29, 0.717) is 11.7 Å². The summed E-state index contributed by atoms with van der Waals surface area (Å²) in [6.07, 6.45) is 5.84. The molecular weight excluding hydrogens is 248 g/mol. The highest BCUT2D eigenvalue weighted by Gasteiger charge is 2.35. The number of carbonyl (C=O) groups is 1. The third-order valence-corrected chi connectivity index (χ3v) is 5.90. The van der Waals surface area contributed by atoms with Crippen molar-refractivity contribution >= 4 is 5.78 Å². The molecule has 3 atom stereocenters. The van der Waals surface area contributed by atoms with Crippen molar-refractivity contribution in [3.05, 3.63) is 0 Å². The summed E-state index contributed by atoms with van der Waals surface area (Å²) in [7, 11) is 0. The van der Waals surface area contributed by atoms with Crippen LogP contribution in [0.25, 0.3) is 0 Å². The highest BCUT2D eigenvalue weighted by Crippen LogP contribution is 2.32. The van der Waals surface area contributed by atoms with Crippen LogP contribution in [0.2, 0.25) is 0 Å². The zero-order valence-electron chi connectivity index (χ0n) is 13.2. The number of Topliss-reactive ketones (excluding diaryl/α,β-unsaturated/α-hetero) is 1. The van der Waals surface area contributed by atoms with Gasteiger partial charge in [-0.1, -0.05) is 13.8 Å². The summed E-state index contributed by atoms with van der Waals surface area (Å²) in [6, 6.07) is 0.781. The van der Waals surface area contributed by atoms with Gasteiger partial charge in [0.15, 0.2) is 0 Å². The number of fused-ring (bicyclic) bond motifs is 1. The van der Waals surface area contributed by atoms with Gasteiger partial charge in [-0.2, -0.15) is 0 Å². The van der Waals surface area contributed by atoms with Crippen LogP contribution in [-0.4, -0.2) is 54.3 Å². The van der Waals surface area contributed by atoms with Crippen molar-refractivity contribution in [2.45, 2.75) is 52.0 Å². The maximum Gasteiger partial charge on any atom is 0.137 e. The first-order valence-corrected chi connectivity index (χ1v) is 8.62. The predicted molar refractivity (Wildman–Crippen MR) is 81.7 cm³/mol. The van der Waals surface area contributed by atoms with Gasteiger partial charge in [-0.3, -0.25) is 14.6 Å². The molecule has 0 amide bonds. The van der Waals surface area contributed by atoms with Gasteiger partial charge in [-0.15, -0.1) is 0 Å². The molecule has 3 heteroatoms. The van der Waals surface area contributed by atoms with Gasteiger partial charge >= 0.3 is 0 Å². The van der Waals surface area contributed by atoms with Crippen molar-refractivity contribution in [2.75, 3.05) is 32.7 Å². The maximum absolute atomic E-state index is 12.2. The summed E-state index contributed by atoms with van der Waals surface area (Å²) in [6.45, 7) is 10.6. The molecule has 3 nitrogen and oxygen atoms in total. The molecule has 3 unspecified atom stereocenters. The minimum Gasteiger partial charge on any atom is -0.300 e. The summed E-state index contributed by atoms with van der Waals surface area (Å²) in [5.74, 6) is 2.36. The zero-order valence-corrected chi connectivity index (χ0v) is 13.2. The number of piperazine rings is 1. The van der Waals surface area contributed by atoms with Gasteiger partial charge in [0.25, 0.3) is 0 Å². The van der Waals surface area contributed by atoms with Gasteiger partial charge < -0.3 is 0 Å². The van der Waals surface area contributed by atoms with Crippen LogP contribution < -0.4 is 0 Å². The lowest BCUT2D eigenvalue weighted by Gasteiger charge is -2.40. The molecule has 1 saturated carbocycles. The molecule has 0 bridgehead atoms. The molecule has 0 aromatic rings. The second-order valence-corrected chi connectivity index (χ2v) is 7.53. The van der Waals surface area contributed by atoms with E-state index in [2.05, 4.69) is 23.6 Å². The molecule has 0 aromatic heterocycles. The lowest BCUT2D eigenvalue weighted by Crippen LogP contribution is -2.52. The highest BCUT2D eigenvalue weighted by molar-refractivity contribution is 5.82. The van der Waals surface area contributed by atoms with Gasteiger partial charge in [0.05, 0.1) is 0 Å². The lowest BCUT2D eigenvalue weighted by atomic mass is 9.75. The predicted octanol–water partition coefficient (Wildman–Crippen LogP) is 2.41. The quantitative estimate of drug-likeness (QED) is 0.792. The molecule has 2 heterocycles. The van der Waals surface area contributed by atoms with Crippen LogP contribution in [0, 0.1) is 17.8 Å². The topological polar surface area (TPSA) is 23.6 Å². The fraction of sp³-hybridized carbons (Fsp3) is 0.941. The van der Waals surface area contributed by atoms with Crippen LogP contribution in [0.4, 0.5) is 0 Å².